The molecule has 1 heterocycles. The van der Waals surface area contributed by atoms with Gasteiger partial charge in [0.2, 0.25) is 0 Å². The first-order valence-corrected chi connectivity index (χ1v) is 8.31. The third-order valence-corrected chi connectivity index (χ3v) is 5.59. The van der Waals surface area contributed by atoms with Gasteiger partial charge in [0.15, 0.2) is 0 Å². The standard InChI is InChI=1S/C18H23NS/c1-13-6-7-14-8-9-16(15(14)11-13)19-12-18(2,3)17-5-4-10-20-17/h4-7,10-11,16,19H,8-9,12H2,1-3H3. The fourth-order valence-corrected chi connectivity index (χ4v) is 3.91. The summed E-state index contributed by atoms with van der Waals surface area (Å²) in [6.45, 7) is 7.88. The Morgan fingerprint density at radius 2 is 2.15 bits per heavy atom. The molecule has 0 saturated carbocycles. The summed E-state index contributed by atoms with van der Waals surface area (Å²) in [4.78, 5) is 1.47. The van der Waals surface area contributed by atoms with Crippen molar-refractivity contribution >= 4 is 11.3 Å². The number of aryl methyl sites for hydroxylation is 2. The van der Waals surface area contributed by atoms with Gasteiger partial charge in [0, 0.05) is 22.9 Å². The highest BCUT2D eigenvalue weighted by molar-refractivity contribution is 7.10. The van der Waals surface area contributed by atoms with Crippen LogP contribution in [-0.4, -0.2) is 6.54 Å². The van der Waals surface area contributed by atoms with Gasteiger partial charge in [-0.1, -0.05) is 43.7 Å². The van der Waals surface area contributed by atoms with Crippen LogP contribution in [0.5, 0.6) is 0 Å². The van der Waals surface area contributed by atoms with Crippen molar-refractivity contribution in [1.29, 1.82) is 0 Å². The average molecular weight is 285 g/mol. The molecule has 0 fully saturated rings. The zero-order valence-electron chi connectivity index (χ0n) is 12.6. The first-order valence-electron chi connectivity index (χ1n) is 7.43. The smallest absolute Gasteiger partial charge is 0.0326 e. The summed E-state index contributed by atoms with van der Waals surface area (Å²) in [5.41, 5.74) is 4.63. The molecular weight excluding hydrogens is 262 g/mol. The molecule has 0 aliphatic heterocycles. The molecule has 1 aromatic carbocycles. The molecule has 1 aliphatic carbocycles. The summed E-state index contributed by atoms with van der Waals surface area (Å²) < 4.78 is 0. The van der Waals surface area contributed by atoms with Crippen LogP contribution >= 0.6 is 11.3 Å². The van der Waals surface area contributed by atoms with Crippen LogP contribution in [-0.2, 0) is 11.8 Å². The van der Waals surface area contributed by atoms with E-state index in [0.717, 1.165) is 6.54 Å². The van der Waals surface area contributed by atoms with Gasteiger partial charge in [0.05, 0.1) is 0 Å². The van der Waals surface area contributed by atoms with Crippen LogP contribution in [0.25, 0.3) is 0 Å². The van der Waals surface area contributed by atoms with Crippen LogP contribution in [0.4, 0.5) is 0 Å². The van der Waals surface area contributed by atoms with E-state index < -0.39 is 0 Å². The molecule has 0 bridgehead atoms. The molecule has 0 amide bonds. The molecule has 1 unspecified atom stereocenters. The molecule has 106 valence electrons. The Balaban J connectivity index is 1.70. The number of thiophene rings is 1. The highest BCUT2D eigenvalue weighted by Gasteiger charge is 2.26. The van der Waals surface area contributed by atoms with Crippen molar-refractivity contribution in [3.05, 3.63) is 57.3 Å². The molecule has 1 nitrogen and oxygen atoms in total. The van der Waals surface area contributed by atoms with Gasteiger partial charge in [-0.15, -0.1) is 11.3 Å². The first-order chi connectivity index (χ1) is 9.56. The lowest BCUT2D eigenvalue weighted by molar-refractivity contribution is 0.426. The molecule has 3 rings (SSSR count). The minimum absolute atomic E-state index is 0.209. The summed E-state index contributed by atoms with van der Waals surface area (Å²) >= 11 is 1.86. The lowest BCUT2D eigenvalue weighted by atomic mass is 9.91. The van der Waals surface area contributed by atoms with E-state index >= 15 is 0 Å². The normalized spacial score (nSPS) is 18.2. The predicted octanol–water partition coefficient (Wildman–Crippen LogP) is 4.61. The summed E-state index contributed by atoms with van der Waals surface area (Å²) in [5, 5.41) is 5.97. The fourth-order valence-electron chi connectivity index (χ4n) is 3.06. The van der Waals surface area contributed by atoms with Gasteiger partial charge in [-0.05, 0) is 42.3 Å². The quantitative estimate of drug-likeness (QED) is 0.865. The molecule has 1 aliphatic rings. The Labute approximate surface area is 126 Å². The third-order valence-electron chi connectivity index (χ3n) is 4.36. The predicted molar refractivity (Wildman–Crippen MR) is 87.6 cm³/mol. The first kappa shape index (κ1) is 13.8. The maximum absolute atomic E-state index is 3.80. The number of rotatable bonds is 4. The van der Waals surface area contributed by atoms with Crippen molar-refractivity contribution in [2.45, 2.75) is 45.1 Å². The largest absolute Gasteiger partial charge is 0.309 e. The highest BCUT2D eigenvalue weighted by atomic mass is 32.1. The topological polar surface area (TPSA) is 12.0 Å². The monoisotopic (exact) mass is 285 g/mol. The van der Waals surface area contributed by atoms with Crippen molar-refractivity contribution in [2.75, 3.05) is 6.54 Å². The van der Waals surface area contributed by atoms with Crippen LogP contribution in [0.1, 0.15) is 47.9 Å². The Morgan fingerprint density at radius 3 is 2.90 bits per heavy atom. The van der Waals surface area contributed by atoms with E-state index in [2.05, 4.69) is 61.8 Å². The van der Waals surface area contributed by atoms with Gasteiger partial charge >= 0.3 is 0 Å². The summed E-state index contributed by atoms with van der Waals surface area (Å²) in [5.74, 6) is 0. The zero-order valence-corrected chi connectivity index (χ0v) is 13.4. The minimum atomic E-state index is 0.209. The van der Waals surface area contributed by atoms with Crippen LogP contribution < -0.4 is 5.32 Å². The van der Waals surface area contributed by atoms with Crippen LogP contribution in [0.2, 0.25) is 0 Å². The molecule has 2 heteroatoms. The molecular formula is C18H23NS. The van der Waals surface area contributed by atoms with E-state index in [1.807, 2.05) is 11.3 Å². The van der Waals surface area contributed by atoms with Gasteiger partial charge in [-0.3, -0.25) is 0 Å². The Kier molecular flexibility index (Phi) is 3.70. The number of hydrogen-bond acceptors (Lipinski definition) is 2. The van der Waals surface area contributed by atoms with Crippen LogP contribution in [0.3, 0.4) is 0 Å². The summed E-state index contributed by atoms with van der Waals surface area (Å²) in [7, 11) is 0. The van der Waals surface area contributed by atoms with Gasteiger partial charge in [-0.2, -0.15) is 0 Å². The van der Waals surface area contributed by atoms with E-state index in [0.29, 0.717) is 6.04 Å². The number of nitrogens with one attached hydrogen (secondary N) is 1. The molecule has 0 radical (unpaired) electrons. The zero-order chi connectivity index (χ0) is 14.2. The Hall–Kier alpha value is -1.12. The second-order valence-electron chi connectivity index (χ2n) is 6.54. The third kappa shape index (κ3) is 2.68. The minimum Gasteiger partial charge on any atom is -0.309 e. The van der Waals surface area contributed by atoms with E-state index in [1.54, 1.807) is 0 Å². The summed E-state index contributed by atoms with van der Waals surface area (Å²) in [6.07, 6.45) is 2.45. The Bertz CT molecular complexity index is 583. The van der Waals surface area contributed by atoms with Crippen LogP contribution in [0, 0.1) is 6.92 Å². The summed E-state index contributed by atoms with van der Waals surface area (Å²) in [6, 6.07) is 11.8. The highest BCUT2D eigenvalue weighted by Crippen LogP contribution is 2.33. The number of fused-ring (bicyclic) bond motifs is 1. The maximum Gasteiger partial charge on any atom is 0.0326 e. The van der Waals surface area contributed by atoms with E-state index in [1.165, 1.54) is 34.4 Å². The number of benzene rings is 1. The average Bonchev–Trinajstić information content (AvgIpc) is 3.06. The van der Waals surface area contributed by atoms with Crippen molar-refractivity contribution in [1.82, 2.24) is 5.32 Å². The Morgan fingerprint density at radius 1 is 1.30 bits per heavy atom. The lowest BCUT2D eigenvalue weighted by Gasteiger charge is -2.26. The van der Waals surface area contributed by atoms with Gasteiger partial charge < -0.3 is 5.32 Å². The SMILES string of the molecule is Cc1ccc2c(c1)C(NCC(C)(C)c1cccs1)CC2. The molecule has 1 aromatic heterocycles. The number of hydrogen-bond donors (Lipinski definition) is 1. The van der Waals surface area contributed by atoms with Gasteiger partial charge in [0.25, 0.3) is 0 Å². The van der Waals surface area contributed by atoms with Gasteiger partial charge in [-0.25, -0.2) is 0 Å². The maximum atomic E-state index is 3.80. The molecule has 1 N–H and O–H groups in total. The van der Waals surface area contributed by atoms with E-state index in [-0.39, 0.29) is 5.41 Å². The van der Waals surface area contributed by atoms with Crippen molar-refractivity contribution in [3.63, 3.8) is 0 Å². The molecule has 20 heavy (non-hydrogen) atoms. The molecule has 2 aromatic rings. The van der Waals surface area contributed by atoms with Crippen molar-refractivity contribution in [2.24, 2.45) is 0 Å². The molecule has 0 spiro atoms. The van der Waals surface area contributed by atoms with Crippen molar-refractivity contribution in [3.8, 4) is 0 Å². The van der Waals surface area contributed by atoms with E-state index in [9.17, 15) is 0 Å². The molecule has 1 atom stereocenters. The molecule has 0 saturated heterocycles. The fraction of sp³-hybridized carbons (Fsp3) is 0.444. The van der Waals surface area contributed by atoms with Crippen molar-refractivity contribution < 1.29 is 0 Å². The second-order valence-corrected chi connectivity index (χ2v) is 7.48. The van der Waals surface area contributed by atoms with Gasteiger partial charge in [0.1, 0.15) is 0 Å². The van der Waals surface area contributed by atoms with Crippen LogP contribution in [0.15, 0.2) is 35.7 Å². The second kappa shape index (κ2) is 5.34. The lowest BCUT2D eigenvalue weighted by Crippen LogP contribution is -2.34. The van der Waals surface area contributed by atoms with E-state index in [4.69, 9.17) is 0 Å².